The molecule has 0 fully saturated rings. The van der Waals surface area contributed by atoms with Crippen molar-refractivity contribution in [2.24, 2.45) is 17.8 Å². The molecule has 0 bridgehead atoms. The number of halogens is 3. The molecule has 11 heteroatoms. The Labute approximate surface area is 147 Å². The number of aryl methyl sites for hydroxylation is 2. The van der Waals surface area contributed by atoms with Crippen molar-refractivity contribution in [3.63, 3.8) is 0 Å². The molecule has 2 aromatic heterocycles. The van der Waals surface area contributed by atoms with Crippen LogP contribution in [0.5, 0.6) is 0 Å². The summed E-state index contributed by atoms with van der Waals surface area (Å²) in [6.07, 6.45) is -0.179. The average Bonchev–Trinajstić information content (AvgIpc) is 3.03. The van der Waals surface area contributed by atoms with Crippen LogP contribution in [0.1, 0.15) is 18.3 Å². The van der Waals surface area contributed by atoms with Gasteiger partial charge in [0.1, 0.15) is 5.66 Å². The van der Waals surface area contributed by atoms with E-state index in [2.05, 4.69) is 25.8 Å². The number of nitrogens with two attached hydrogens (primary N) is 1. The molecule has 3 heterocycles. The van der Waals surface area contributed by atoms with Crippen molar-refractivity contribution in [3.8, 4) is 0 Å². The van der Waals surface area contributed by atoms with Crippen molar-refractivity contribution in [1.82, 2.24) is 24.9 Å². The zero-order valence-electron chi connectivity index (χ0n) is 14.5. The van der Waals surface area contributed by atoms with Crippen molar-refractivity contribution >= 4 is 11.6 Å². The zero-order chi connectivity index (χ0) is 19.1. The van der Waals surface area contributed by atoms with E-state index in [9.17, 15) is 13.2 Å². The fourth-order valence-corrected chi connectivity index (χ4v) is 2.61. The van der Waals surface area contributed by atoms with Gasteiger partial charge in [-0.2, -0.15) is 23.4 Å². The number of aromatic nitrogens is 4. The number of guanidine groups is 1. The Balaban J connectivity index is 1.75. The third-order valence-electron chi connectivity index (χ3n) is 3.84. The quantitative estimate of drug-likeness (QED) is 0.762. The molecule has 1 atom stereocenters. The molecule has 140 valence electrons. The lowest BCUT2D eigenvalue weighted by molar-refractivity contribution is -0.100. The first kappa shape index (κ1) is 18.0. The van der Waals surface area contributed by atoms with E-state index in [0.29, 0.717) is 17.9 Å². The Morgan fingerprint density at radius 1 is 1.35 bits per heavy atom. The van der Waals surface area contributed by atoms with Crippen molar-refractivity contribution in [2.75, 3.05) is 5.32 Å². The van der Waals surface area contributed by atoms with Crippen LogP contribution in [0.15, 0.2) is 35.2 Å². The SMILES string of the molecule is Cc1nn(Cc2ccn(C)n2)cc1NC1=NC(C)(N)C(C(F)(F)F)=CN1. The van der Waals surface area contributed by atoms with E-state index >= 15 is 0 Å². The Kier molecular flexibility index (Phi) is 4.26. The van der Waals surface area contributed by atoms with Gasteiger partial charge in [-0.05, 0) is 19.9 Å². The fourth-order valence-electron chi connectivity index (χ4n) is 2.61. The predicted octanol–water partition coefficient (Wildman–Crippen LogP) is 1.47. The first-order valence-corrected chi connectivity index (χ1v) is 7.77. The summed E-state index contributed by atoms with van der Waals surface area (Å²) in [4.78, 5) is 3.93. The minimum absolute atomic E-state index is 0.114. The largest absolute Gasteiger partial charge is 0.417 e. The summed E-state index contributed by atoms with van der Waals surface area (Å²) < 4.78 is 42.3. The summed E-state index contributed by atoms with van der Waals surface area (Å²) >= 11 is 0. The molecule has 1 unspecified atom stereocenters. The Morgan fingerprint density at radius 2 is 2.08 bits per heavy atom. The van der Waals surface area contributed by atoms with Gasteiger partial charge in [-0.15, -0.1) is 0 Å². The summed E-state index contributed by atoms with van der Waals surface area (Å²) in [6, 6.07) is 1.88. The standard InChI is InChI=1S/C15H19F3N8/c1-9-11(8-26(23-9)7-10-4-5-25(3)24-10)21-13-20-6-12(15(16,17)18)14(2,19)22-13/h4-6,8H,7,19H2,1-3H3,(H2,20,21,22). The Hall–Kier alpha value is -2.82. The van der Waals surface area contributed by atoms with E-state index in [4.69, 9.17) is 5.73 Å². The highest BCUT2D eigenvalue weighted by Crippen LogP contribution is 2.34. The van der Waals surface area contributed by atoms with Gasteiger partial charge in [0, 0.05) is 25.6 Å². The van der Waals surface area contributed by atoms with E-state index in [1.165, 1.54) is 6.92 Å². The lowest BCUT2D eigenvalue weighted by atomic mass is 10.0. The van der Waals surface area contributed by atoms with Crippen molar-refractivity contribution in [1.29, 1.82) is 0 Å². The first-order chi connectivity index (χ1) is 12.0. The summed E-state index contributed by atoms with van der Waals surface area (Å²) in [5.74, 6) is 0.114. The second kappa shape index (κ2) is 6.16. The molecule has 1 aliphatic heterocycles. The van der Waals surface area contributed by atoms with Crippen LogP contribution < -0.4 is 16.4 Å². The van der Waals surface area contributed by atoms with Gasteiger partial charge < -0.3 is 16.4 Å². The molecule has 8 nitrogen and oxygen atoms in total. The molecule has 0 aromatic carbocycles. The van der Waals surface area contributed by atoms with Gasteiger partial charge in [0.2, 0.25) is 5.96 Å². The molecule has 1 aliphatic rings. The number of hydrogen-bond acceptors (Lipinski definition) is 6. The zero-order valence-corrected chi connectivity index (χ0v) is 14.5. The molecule has 0 aliphatic carbocycles. The molecule has 0 amide bonds. The molecular weight excluding hydrogens is 349 g/mol. The summed E-state index contributed by atoms with van der Waals surface area (Å²) in [5, 5.41) is 14.1. The maximum absolute atomic E-state index is 13.0. The molecule has 2 aromatic rings. The van der Waals surface area contributed by atoms with Crippen molar-refractivity contribution in [3.05, 3.63) is 41.6 Å². The van der Waals surface area contributed by atoms with E-state index in [0.717, 1.165) is 11.9 Å². The highest BCUT2D eigenvalue weighted by Gasteiger charge is 2.45. The topological polar surface area (TPSA) is 98.1 Å². The highest BCUT2D eigenvalue weighted by molar-refractivity contribution is 5.95. The van der Waals surface area contributed by atoms with Crippen LogP contribution in [0.25, 0.3) is 0 Å². The summed E-state index contributed by atoms with van der Waals surface area (Å²) in [5.41, 5.74) is 4.98. The van der Waals surface area contributed by atoms with Crippen LogP contribution in [-0.4, -0.2) is 37.4 Å². The highest BCUT2D eigenvalue weighted by atomic mass is 19.4. The van der Waals surface area contributed by atoms with E-state index in [1.807, 2.05) is 19.3 Å². The predicted molar refractivity (Wildman–Crippen MR) is 90.2 cm³/mol. The minimum atomic E-state index is -4.56. The minimum Gasteiger partial charge on any atom is -0.332 e. The molecule has 26 heavy (non-hydrogen) atoms. The number of anilines is 1. The normalized spacial score (nSPS) is 20.4. The van der Waals surface area contributed by atoms with Crippen LogP contribution >= 0.6 is 0 Å². The van der Waals surface area contributed by atoms with Gasteiger partial charge >= 0.3 is 6.18 Å². The van der Waals surface area contributed by atoms with Crippen LogP contribution in [0.4, 0.5) is 18.9 Å². The lowest BCUT2D eigenvalue weighted by Crippen LogP contribution is -2.49. The van der Waals surface area contributed by atoms with Crippen LogP contribution in [0.2, 0.25) is 0 Å². The average molecular weight is 368 g/mol. The molecule has 0 spiro atoms. The van der Waals surface area contributed by atoms with Gasteiger partial charge in [-0.3, -0.25) is 9.36 Å². The number of nitrogens with one attached hydrogen (secondary N) is 2. The number of aliphatic imine (C=N–C) groups is 1. The molecule has 0 saturated heterocycles. The lowest BCUT2D eigenvalue weighted by Gasteiger charge is -2.30. The van der Waals surface area contributed by atoms with E-state index in [-0.39, 0.29) is 5.96 Å². The molecule has 0 saturated carbocycles. The maximum atomic E-state index is 13.0. The van der Waals surface area contributed by atoms with Gasteiger partial charge in [-0.25, -0.2) is 4.99 Å². The monoisotopic (exact) mass is 368 g/mol. The molecule has 0 radical (unpaired) electrons. The summed E-state index contributed by atoms with van der Waals surface area (Å²) in [7, 11) is 1.82. The first-order valence-electron chi connectivity index (χ1n) is 7.77. The number of alkyl halides is 3. The second-order valence-corrected chi connectivity index (χ2v) is 6.24. The fraction of sp³-hybridized carbons (Fsp3) is 0.400. The summed E-state index contributed by atoms with van der Waals surface area (Å²) in [6.45, 7) is 3.45. The number of hydrogen-bond donors (Lipinski definition) is 3. The third-order valence-corrected chi connectivity index (χ3v) is 3.84. The van der Waals surface area contributed by atoms with Gasteiger partial charge in [0.15, 0.2) is 0 Å². The number of rotatable bonds is 3. The van der Waals surface area contributed by atoms with Crippen LogP contribution in [-0.2, 0) is 13.6 Å². The van der Waals surface area contributed by atoms with Crippen LogP contribution in [0.3, 0.4) is 0 Å². The molecule has 3 rings (SSSR count). The Bertz CT molecular complexity index is 872. The van der Waals surface area contributed by atoms with Gasteiger partial charge in [-0.1, -0.05) is 0 Å². The molecular formula is C15H19F3N8. The third kappa shape index (κ3) is 3.72. The molecule has 4 N–H and O–H groups in total. The van der Waals surface area contributed by atoms with Crippen molar-refractivity contribution in [2.45, 2.75) is 32.2 Å². The Morgan fingerprint density at radius 3 is 2.65 bits per heavy atom. The smallest absolute Gasteiger partial charge is 0.332 e. The maximum Gasteiger partial charge on any atom is 0.417 e. The van der Waals surface area contributed by atoms with E-state index in [1.54, 1.807) is 22.5 Å². The second-order valence-electron chi connectivity index (χ2n) is 6.24. The van der Waals surface area contributed by atoms with E-state index < -0.39 is 17.4 Å². The van der Waals surface area contributed by atoms with Gasteiger partial charge in [0.05, 0.1) is 29.2 Å². The van der Waals surface area contributed by atoms with Crippen molar-refractivity contribution < 1.29 is 13.2 Å². The number of nitrogens with zero attached hydrogens (tertiary/aromatic N) is 5. The van der Waals surface area contributed by atoms with Gasteiger partial charge in [0.25, 0.3) is 0 Å². The van der Waals surface area contributed by atoms with Crippen LogP contribution in [0, 0.1) is 6.92 Å².